The van der Waals surface area contributed by atoms with E-state index in [1.165, 1.54) is 12.8 Å². The van der Waals surface area contributed by atoms with Gasteiger partial charge in [-0.2, -0.15) is 0 Å². The molecule has 3 rings (SSSR count). The molecule has 0 fully saturated rings. The number of carbonyl (C=O) groups is 2. The maximum Gasteiger partial charge on any atom is 0.306 e. The fourth-order valence-electron chi connectivity index (χ4n) is 5.77. The minimum atomic E-state index is -0.538. The van der Waals surface area contributed by atoms with Crippen molar-refractivity contribution in [3.8, 4) is 11.5 Å². The topological polar surface area (TPSA) is 89.5 Å². The molecule has 0 aliphatic heterocycles. The molecular formula is C42H62O8. The van der Waals surface area contributed by atoms with Crippen LogP contribution in [0.3, 0.4) is 0 Å². The molecule has 3 aromatic carbocycles. The van der Waals surface area contributed by atoms with Gasteiger partial charge in [-0.3, -0.25) is 9.59 Å². The molecule has 0 heterocycles. The molecule has 0 bridgehead atoms. The van der Waals surface area contributed by atoms with Gasteiger partial charge < -0.3 is 28.4 Å². The van der Waals surface area contributed by atoms with Gasteiger partial charge in [-0.05, 0) is 25.7 Å². The van der Waals surface area contributed by atoms with Crippen molar-refractivity contribution in [3.63, 3.8) is 0 Å². The Morgan fingerprint density at radius 3 is 1.18 bits per heavy atom. The van der Waals surface area contributed by atoms with Gasteiger partial charge in [0.1, 0.15) is 24.7 Å². The molecule has 8 heteroatoms. The van der Waals surface area contributed by atoms with E-state index < -0.39 is 12.2 Å². The molecular weight excluding hydrogens is 632 g/mol. The number of carbonyl (C=O) groups excluding carboxylic acids is 2. The summed E-state index contributed by atoms with van der Waals surface area (Å²) in [5.74, 6) is 0.921. The van der Waals surface area contributed by atoms with Gasteiger partial charge in [-0.25, -0.2) is 0 Å². The zero-order chi connectivity index (χ0) is 35.8. The summed E-state index contributed by atoms with van der Waals surface area (Å²) in [6.07, 6.45) is 12.0. The average molecular weight is 695 g/mol. The summed E-state index contributed by atoms with van der Waals surface area (Å²) in [5.41, 5.74) is 0. The van der Waals surface area contributed by atoms with Gasteiger partial charge in [-0.1, -0.05) is 128 Å². The normalized spacial score (nSPS) is 12.6. The van der Waals surface area contributed by atoms with Crippen LogP contribution in [0.5, 0.6) is 11.5 Å². The Morgan fingerprint density at radius 2 is 0.840 bits per heavy atom. The summed E-state index contributed by atoms with van der Waals surface area (Å²) in [6, 6.07) is 15.9. The number of unbranched alkanes of at least 4 members (excludes halogenated alkanes) is 8. The van der Waals surface area contributed by atoms with E-state index in [0.717, 1.165) is 85.8 Å². The van der Waals surface area contributed by atoms with E-state index in [-0.39, 0.29) is 38.4 Å². The third kappa shape index (κ3) is 14.5. The first kappa shape index (κ1) is 41.1. The second-order valence-electron chi connectivity index (χ2n) is 13.1. The van der Waals surface area contributed by atoms with Crippen molar-refractivity contribution < 1.29 is 38.0 Å². The molecule has 0 aliphatic rings. The lowest BCUT2D eigenvalue weighted by atomic mass is 10.0. The lowest BCUT2D eigenvalue weighted by molar-refractivity contribution is -0.155. The highest BCUT2D eigenvalue weighted by molar-refractivity contribution is 6.11. The zero-order valence-corrected chi connectivity index (χ0v) is 31.2. The van der Waals surface area contributed by atoms with Gasteiger partial charge in [0.2, 0.25) is 0 Å². The van der Waals surface area contributed by atoms with E-state index in [2.05, 4.69) is 27.7 Å². The van der Waals surface area contributed by atoms with Crippen molar-refractivity contribution in [2.45, 2.75) is 130 Å². The summed E-state index contributed by atoms with van der Waals surface area (Å²) < 4.78 is 36.8. The molecule has 0 spiro atoms. The van der Waals surface area contributed by atoms with Crippen molar-refractivity contribution in [1.82, 2.24) is 0 Å². The highest BCUT2D eigenvalue weighted by Crippen LogP contribution is 2.43. The van der Waals surface area contributed by atoms with Crippen LogP contribution < -0.4 is 9.47 Å². The fraction of sp³-hybridized carbons (Fsp3) is 0.619. The Bertz CT molecular complexity index is 1230. The van der Waals surface area contributed by atoms with E-state index in [0.29, 0.717) is 37.6 Å². The highest BCUT2D eigenvalue weighted by atomic mass is 16.6. The molecule has 0 N–H and O–H groups in total. The molecule has 0 saturated carbocycles. The van der Waals surface area contributed by atoms with E-state index >= 15 is 0 Å². The third-order valence-electron chi connectivity index (χ3n) is 8.62. The summed E-state index contributed by atoms with van der Waals surface area (Å²) in [7, 11) is 0. The van der Waals surface area contributed by atoms with Crippen molar-refractivity contribution in [2.24, 2.45) is 0 Å². The van der Waals surface area contributed by atoms with Crippen LogP contribution in [0, 0.1) is 0 Å². The van der Waals surface area contributed by atoms with Crippen molar-refractivity contribution >= 4 is 33.5 Å². The molecule has 0 amide bonds. The maximum atomic E-state index is 12.6. The van der Waals surface area contributed by atoms with Crippen molar-refractivity contribution in [3.05, 3.63) is 48.5 Å². The maximum absolute atomic E-state index is 12.6. The quantitative estimate of drug-likeness (QED) is 0.0422. The van der Waals surface area contributed by atoms with Gasteiger partial charge in [0.25, 0.3) is 0 Å². The second kappa shape index (κ2) is 24.7. The van der Waals surface area contributed by atoms with Crippen LogP contribution in [-0.4, -0.2) is 63.8 Å². The minimum absolute atomic E-state index is 0.159. The molecule has 2 atom stereocenters. The summed E-state index contributed by atoms with van der Waals surface area (Å²) in [5, 5.41) is 3.51. The first-order valence-electron chi connectivity index (χ1n) is 19.3. The number of hydrogen-bond acceptors (Lipinski definition) is 8. The Balaban J connectivity index is 1.83. The monoisotopic (exact) mass is 694 g/mol. The molecule has 0 radical (unpaired) electrons. The van der Waals surface area contributed by atoms with Gasteiger partial charge in [-0.15, -0.1) is 0 Å². The number of fused-ring (bicyclic) bond motifs is 2. The number of rotatable bonds is 28. The fourth-order valence-corrected chi connectivity index (χ4v) is 5.77. The summed E-state index contributed by atoms with van der Waals surface area (Å²) in [4.78, 5) is 25.3. The number of esters is 2. The first-order valence-corrected chi connectivity index (χ1v) is 19.3. The van der Waals surface area contributed by atoms with Crippen molar-refractivity contribution in [1.29, 1.82) is 0 Å². The van der Waals surface area contributed by atoms with Crippen LogP contribution in [0.15, 0.2) is 48.5 Å². The van der Waals surface area contributed by atoms with Crippen LogP contribution in [0.2, 0.25) is 0 Å². The van der Waals surface area contributed by atoms with Gasteiger partial charge in [0.05, 0.1) is 13.2 Å². The van der Waals surface area contributed by atoms with Crippen LogP contribution in [0.4, 0.5) is 0 Å². The lowest BCUT2D eigenvalue weighted by Crippen LogP contribution is -2.30. The first-order chi connectivity index (χ1) is 24.5. The largest absolute Gasteiger partial charge is 0.488 e. The highest BCUT2D eigenvalue weighted by Gasteiger charge is 2.22. The molecule has 0 saturated heterocycles. The SMILES string of the molecule is CCCCCCOCC(COc1c2ccccc2c(OCC(COCCCCCC)OC(=O)CCCC)c2ccccc12)OC(=O)CCCC. The number of benzene rings is 3. The molecule has 8 nitrogen and oxygen atoms in total. The molecule has 50 heavy (non-hydrogen) atoms. The Morgan fingerprint density at radius 1 is 0.480 bits per heavy atom. The Labute approximate surface area is 300 Å². The molecule has 2 unspecified atom stereocenters. The lowest BCUT2D eigenvalue weighted by Gasteiger charge is -2.23. The van der Waals surface area contributed by atoms with E-state index in [9.17, 15) is 9.59 Å². The van der Waals surface area contributed by atoms with Gasteiger partial charge in [0.15, 0.2) is 12.2 Å². The van der Waals surface area contributed by atoms with Crippen LogP contribution in [-0.2, 0) is 28.5 Å². The molecule has 3 aromatic rings. The molecule has 0 aromatic heterocycles. The van der Waals surface area contributed by atoms with Gasteiger partial charge in [0, 0.05) is 47.6 Å². The summed E-state index contributed by atoms with van der Waals surface area (Å²) >= 11 is 0. The second-order valence-corrected chi connectivity index (χ2v) is 13.1. The predicted octanol–water partition coefficient (Wildman–Crippen LogP) is 10.1. The zero-order valence-electron chi connectivity index (χ0n) is 31.2. The number of ether oxygens (including phenoxy) is 6. The average Bonchev–Trinajstić information content (AvgIpc) is 3.13. The van der Waals surface area contributed by atoms with E-state index in [1.807, 2.05) is 48.5 Å². The van der Waals surface area contributed by atoms with Gasteiger partial charge >= 0.3 is 11.9 Å². The Hall–Kier alpha value is -3.36. The van der Waals surface area contributed by atoms with Crippen molar-refractivity contribution in [2.75, 3.05) is 39.6 Å². The molecule has 0 aliphatic carbocycles. The van der Waals surface area contributed by atoms with Crippen LogP contribution >= 0.6 is 0 Å². The minimum Gasteiger partial charge on any atom is -0.488 e. The van der Waals surface area contributed by atoms with E-state index in [1.54, 1.807) is 0 Å². The predicted molar refractivity (Wildman–Crippen MR) is 201 cm³/mol. The number of hydrogen-bond donors (Lipinski definition) is 0. The third-order valence-corrected chi connectivity index (χ3v) is 8.62. The van der Waals surface area contributed by atoms with E-state index in [4.69, 9.17) is 28.4 Å². The molecule has 278 valence electrons. The standard InChI is InChI=1S/C42H62O8/c1-5-9-13-19-27-45-29-33(49-39(43)25-11-7-3)31-47-41-35-21-15-17-23-37(35)42(38-24-18-16-22-36(38)41)48-32-34(50-40(44)26-12-8-4)30-46-28-20-14-10-6-2/h15-18,21-24,33-34H,5-14,19-20,25-32H2,1-4H3. The summed E-state index contributed by atoms with van der Waals surface area (Å²) in [6.45, 7) is 10.6. The van der Waals surface area contributed by atoms with Crippen LogP contribution in [0.1, 0.15) is 118 Å². The Kier molecular flexibility index (Phi) is 20.3. The van der Waals surface area contributed by atoms with Crippen LogP contribution in [0.25, 0.3) is 21.5 Å². The smallest absolute Gasteiger partial charge is 0.306 e.